The summed E-state index contributed by atoms with van der Waals surface area (Å²) in [6, 6.07) is 0. The van der Waals surface area contributed by atoms with Crippen LogP contribution in [-0.2, 0) is 0 Å². The first-order chi connectivity index (χ1) is 6.12. The fourth-order valence-electron chi connectivity index (χ4n) is 0.732. The Morgan fingerprint density at radius 1 is 1.54 bits per heavy atom. The van der Waals surface area contributed by atoms with Gasteiger partial charge < -0.3 is 0 Å². The molecule has 0 amide bonds. The molecule has 0 aromatic rings. The van der Waals surface area contributed by atoms with Gasteiger partial charge in [-0.3, -0.25) is 16.7 Å². The molecule has 0 aliphatic heterocycles. The third-order valence-corrected chi connectivity index (χ3v) is 1.33. The van der Waals surface area contributed by atoms with E-state index in [0.717, 1.165) is 0 Å². The van der Waals surface area contributed by atoms with Gasteiger partial charge in [-0.15, -0.1) is 4.91 Å². The van der Waals surface area contributed by atoms with E-state index in [9.17, 15) is 4.91 Å². The second kappa shape index (κ2) is 6.29. The maximum atomic E-state index is 9.77. The molecule has 0 aromatic carbocycles. The quantitative estimate of drug-likeness (QED) is 0.114. The van der Waals surface area contributed by atoms with Gasteiger partial charge in [-0.25, -0.2) is 5.43 Å². The first-order valence-corrected chi connectivity index (χ1v) is 3.70. The van der Waals surface area contributed by atoms with E-state index in [1.54, 1.807) is 5.59 Å². The Labute approximate surface area is 75.3 Å². The van der Waals surface area contributed by atoms with Gasteiger partial charge in [0.25, 0.3) is 0 Å². The summed E-state index contributed by atoms with van der Waals surface area (Å²) in [7, 11) is 0. The highest BCUT2D eigenvalue weighted by atomic mass is 16.5. The number of nitrogens with zero attached hydrogens (tertiary/aromatic N) is 2. The SMILES string of the molecule is NC(N)(CCCC=NNO)NN=O. The van der Waals surface area contributed by atoms with Crippen molar-refractivity contribution in [2.24, 2.45) is 21.9 Å². The molecule has 0 heterocycles. The molecule has 0 spiro atoms. The van der Waals surface area contributed by atoms with Crippen LogP contribution in [0.3, 0.4) is 0 Å². The largest absolute Gasteiger partial charge is 0.295 e. The van der Waals surface area contributed by atoms with E-state index >= 15 is 0 Å². The van der Waals surface area contributed by atoms with E-state index in [1.807, 2.05) is 5.43 Å². The van der Waals surface area contributed by atoms with E-state index in [-0.39, 0.29) is 0 Å². The van der Waals surface area contributed by atoms with Crippen molar-refractivity contribution in [2.75, 3.05) is 0 Å². The molecule has 8 nitrogen and oxygen atoms in total. The van der Waals surface area contributed by atoms with E-state index < -0.39 is 5.79 Å². The van der Waals surface area contributed by atoms with Crippen molar-refractivity contribution in [1.82, 2.24) is 11.0 Å². The number of nitroso groups, excluding NO2 is 1. The minimum absolute atomic E-state index is 0.371. The average Bonchev–Trinajstić information content (AvgIpc) is 2.04. The van der Waals surface area contributed by atoms with Crippen molar-refractivity contribution in [1.29, 1.82) is 0 Å². The predicted octanol–water partition coefficient (Wildman–Crippen LogP) is -1.04. The summed E-state index contributed by atoms with van der Waals surface area (Å²) in [5.41, 5.74) is 14.5. The molecule has 76 valence electrons. The van der Waals surface area contributed by atoms with Gasteiger partial charge in [-0.1, -0.05) is 0 Å². The van der Waals surface area contributed by atoms with Crippen molar-refractivity contribution in [3.8, 4) is 0 Å². The van der Waals surface area contributed by atoms with Gasteiger partial charge in [0, 0.05) is 6.21 Å². The predicted molar refractivity (Wildman–Crippen MR) is 47.3 cm³/mol. The highest BCUT2D eigenvalue weighted by molar-refractivity contribution is 5.56. The normalized spacial score (nSPS) is 11.6. The van der Waals surface area contributed by atoms with Crippen LogP contribution in [0, 0.1) is 4.91 Å². The molecule has 8 heteroatoms. The third kappa shape index (κ3) is 7.12. The van der Waals surface area contributed by atoms with Gasteiger partial charge in [0.05, 0.1) is 5.29 Å². The summed E-state index contributed by atoms with van der Waals surface area (Å²) >= 11 is 0. The summed E-state index contributed by atoms with van der Waals surface area (Å²) in [5.74, 6) is -1.28. The van der Waals surface area contributed by atoms with Crippen LogP contribution in [0.5, 0.6) is 0 Å². The lowest BCUT2D eigenvalue weighted by Gasteiger charge is -2.21. The first kappa shape index (κ1) is 11.8. The molecule has 0 aliphatic carbocycles. The van der Waals surface area contributed by atoms with Crippen LogP contribution < -0.4 is 22.5 Å². The third-order valence-electron chi connectivity index (χ3n) is 1.33. The Morgan fingerprint density at radius 2 is 2.23 bits per heavy atom. The maximum absolute atomic E-state index is 9.77. The summed E-state index contributed by atoms with van der Waals surface area (Å²) in [4.78, 5) is 9.77. The van der Waals surface area contributed by atoms with Crippen LogP contribution in [0.1, 0.15) is 19.3 Å². The molecule has 0 saturated carbocycles. The van der Waals surface area contributed by atoms with Crippen molar-refractivity contribution in [3.63, 3.8) is 0 Å². The molecule has 0 bridgehead atoms. The topological polar surface area (TPSA) is 138 Å². The standard InChI is InChI=1S/C5H14N6O2/c6-5(7,9-11-13)3-1-2-4-8-10-12/h4,10,12H,1-3,6-7H2,(H,9,13). The number of rotatable bonds is 7. The van der Waals surface area contributed by atoms with Gasteiger partial charge >= 0.3 is 0 Å². The van der Waals surface area contributed by atoms with Crippen LogP contribution >= 0.6 is 0 Å². The molecule has 13 heavy (non-hydrogen) atoms. The second-order valence-corrected chi connectivity index (χ2v) is 2.55. The van der Waals surface area contributed by atoms with E-state index in [2.05, 4.69) is 10.4 Å². The number of hydrogen-bond donors (Lipinski definition) is 5. The summed E-state index contributed by atoms with van der Waals surface area (Å²) in [5, 5.41) is 13.8. The second-order valence-electron chi connectivity index (χ2n) is 2.55. The molecular weight excluding hydrogens is 176 g/mol. The van der Waals surface area contributed by atoms with E-state index in [1.165, 1.54) is 6.21 Å². The van der Waals surface area contributed by atoms with Crippen molar-refractivity contribution in [2.45, 2.75) is 25.0 Å². The summed E-state index contributed by atoms with van der Waals surface area (Å²) in [6.45, 7) is 0. The highest BCUT2D eigenvalue weighted by Gasteiger charge is 2.16. The number of hydrogen-bond acceptors (Lipinski definition) is 7. The molecule has 0 radical (unpaired) electrons. The fourth-order valence-corrected chi connectivity index (χ4v) is 0.732. The smallest absolute Gasteiger partial charge is 0.157 e. The zero-order valence-corrected chi connectivity index (χ0v) is 7.10. The van der Waals surface area contributed by atoms with Crippen molar-refractivity contribution in [3.05, 3.63) is 4.91 Å². The van der Waals surface area contributed by atoms with Gasteiger partial charge in [-0.05, 0) is 19.3 Å². The van der Waals surface area contributed by atoms with Crippen LogP contribution in [0.4, 0.5) is 0 Å². The van der Waals surface area contributed by atoms with Crippen molar-refractivity contribution >= 4 is 6.21 Å². The molecular formula is C5H14N6O2. The fraction of sp³-hybridized carbons (Fsp3) is 0.800. The van der Waals surface area contributed by atoms with Crippen LogP contribution in [-0.4, -0.2) is 17.2 Å². The van der Waals surface area contributed by atoms with Crippen LogP contribution in [0.15, 0.2) is 10.4 Å². The highest BCUT2D eigenvalue weighted by Crippen LogP contribution is 2.00. The number of unbranched alkanes of at least 4 members (excludes halogenated alkanes) is 1. The molecule has 0 rings (SSSR count). The van der Waals surface area contributed by atoms with E-state index in [4.69, 9.17) is 16.7 Å². The van der Waals surface area contributed by atoms with E-state index in [0.29, 0.717) is 19.3 Å². The minimum atomic E-state index is -1.28. The Bertz CT molecular complexity index is 170. The van der Waals surface area contributed by atoms with Crippen molar-refractivity contribution < 1.29 is 5.21 Å². The number of nitrogens with two attached hydrogens (primary N) is 2. The average molecular weight is 190 g/mol. The Kier molecular flexibility index (Phi) is 5.68. The molecule has 0 unspecified atom stereocenters. The molecule has 0 aliphatic rings. The van der Waals surface area contributed by atoms with Gasteiger partial charge in [0.1, 0.15) is 0 Å². The lowest BCUT2D eigenvalue weighted by Crippen LogP contribution is -2.59. The zero-order chi connectivity index (χ0) is 10.2. The van der Waals surface area contributed by atoms with Crippen LogP contribution in [0.25, 0.3) is 0 Å². The Morgan fingerprint density at radius 3 is 2.77 bits per heavy atom. The molecule has 0 fully saturated rings. The molecule has 0 saturated heterocycles. The Balaban J connectivity index is 3.50. The maximum Gasteiger partial charge on any atom is 0.157 e. The zero-order valence-electron chi connectivity index (χ0n) is 7.10. The van der Waals surface area contributed by atoms with Crippen LogP contribution in [0.2, 0.25) is 0 Å². The van der Waals surface area contributed by atoms with Gasteiger partial charge in [0.15, 0.2) is 5.79 Å². The minimum Gasteiger partial charge on any atom is -0.295 e. The van der Waals surface area contributed by atoms with Gasteiger partial charge in [-0.2, -0.15) is 10.7 Å². The number of nitrogens with one attached hydrogen (secondary N) is 2. The lowest BCUT2D eigenvalue weighted by atomic mass is 10.1. The molecule has 0 atom stereocenters. The monoisotopic (exact) mass is 190 g/mol. The molecule has 7 N–H and O–H groups in total. The van der Waals surface area contributed by atoms with Gasteiger partial charge in [0.2, 0.25) is 0 Å². The number of hydrazone groups is 1. The molecule has 0 aromatic heterocycles. The first-order valence-electron chi connectivity index (χ1n) is 3.70. The summed E-state index contributed by atoms with van der Waals surface area (Å²) in [6.07, 6.45) is 3.05. The Hall–Kier alpha value is -1.25. The summed E-state index contributed by atoms with van der Waals surface area (Å²) < 4.78 is 0. The lowest BCUT2D eigenvalue weighted by molar-refractivity contribution is 0.172.